The molecule has 0 aliphatic heterocycles. The number of anilines is 1. The van der Waals surface area contributed by atoms with Crippen LogP contribution in [0.2, 0.25) is 0 Å². The molecule has 0 atom stereocenters. The van der Waals surface area contributed by atoms with Gasteiger partial charge >= 0.3 is 0 Å². The summed E-state index contributed by atoms with van der Waals surface area (Å²) in [4.78, 5) is 13.2. The first-order valence-corrected chi connectivity index (χ1v) is 12.9. The van der Waals surface area contributed by atoms with Crippen molar-refractivity contribution in [2.75, 3.05) is 11.6 Å². The van der Waals surface area contributed by atoms with Gasteiger partial charge in [0.2, 0.25) is 0 Å². The van der Waals surface area contributed by atoms with Crippen molar-refractivity contribution in [1.29, 1.82) is 0 Å². The van der Waals surface area contributed by atoms with E-state index in [0.717, 1.165) is 11.8 Å². The Morgan fingerprint density at radius 1 is 1.06 bits per heavy atom. The molecule has 0 saturated carbocycles. The largest absolute Gasteiger partial charge is 0.326 e. The number of hydrogen-bond donors (Lipinski definition) is 2. The lowest BCUT2D eigenvalue weighted by Crippen LogP contribution is -2.18. The summed E-state index contributed by atoms with van der Waals surface area (Å²) < 4.78 is 40.8. The van der Waals surface area contributed by atoms with Gasteiger partial charge in [-0.25, -0.2) is 17.5 Å². The summed E-state index contributed by atoms with van der Waals surface area (Å²) in [6.07, 6.45) is 1.72. The van der Waals surface area contributed by atoms with Crippen LogP contribution in [0.3, 0.4) is 0 Å². The lowest BCUT2D eigenvalue weighted by Gasteiger charge is -2.12. The van der Waals surface area contributed by atoms with Crippen LogP contribution in [0.1, 0.15) is 28.7 Å². The van der Waals surface area contributed by atoms with Gasteiger partial charge in [-0.1, -0.05) is 43.3 Å². The van der Waals surface area contributed by atoms with Crippen molar-refractivity contribution in [3.05, 3.63) is 95.6 Å². The fourth-order valence-electron chi connectivity index (χ4n) is 3.78. The predicted molar refractivity (Wildman–Crippen MR) is 134 cm³/mol. The van der Waals surface area contributed by atoms with Crippen LogP contribution in [0, 0.1) is 5.82 Å². The van der Waals surface area contributed by atoms with E-state index in [9.17, 15) is 13.2 Å². The molecule has 0 radical (unpaired) electrons. The molecule has 35 heavy (non-hydrogen) atoms. The van der Waals surface area contributed by atoms with Crippen LogP contribution < -0.4 is 11.1 Å². The second-order valence-electron chi connectivity index (χ2n) is 8.08. The van der Waals surface area contributed by atoms with Crippen molar-refractivity contribution in [2.45, 2.75) is 24.8 Å². The first-order valence-electron chi connectivity index (χ1n) is 11.0. The number of halogens is 1. The SMILES string of the molecule is CCc1cc(C(=O)Nc2ccc(-c3ccccc3S(C)(=O)=O)cc2F)n(-c2cccc(CN)c2)n1. The lowest BCUT2D eigenvalue weighted by molar-refractivity contribution is 0.101. The fourth-order valence-corrected chi connectivity index (χ4v) is 4.69. The average Bonchev–Trinajstić information content (AvgIpc) is 3.30. The number of benzene rings is 3. The molecule has 0 unspecified atom stereocenters. The number of carbonyl (C=O) groups is 1. The standard InChI is InChI=1S/C26H25FN4O3S/c1-3-19-15-24(31(30-19)20-8-6-7-17(13-20)16-28)26(32)29-23-12-11-18(14-22(23)27)21-9-4-5-10-25(21)35(2,33)34/h4-15H,3,16,28H2,1-2H3,(H,29,32). The molecule has 0 bridgehead atoms. The zero-order chi connectivity index (χ0) is 25.2. The first-order chi connectivity index (χ1) is 16.7. The average molecular weight is 493 g/mol. The Kier molecular flexibility index (Phi) is 6.81. The van der Waals surface area contributed by atoms with Gasteiger partial charge in [0, 0.05) is 18.4 Å². The zero-order valence-electron chi connectivity index (χ0n) is 19.3. The van der Waals surface area contributed by atoms with E-state index in [0.29, 0.717) is 35.5 Å². The third kappa shape index (κ3) is 5.16. The van der Waals surface area contributed by atoms with E-state index in [1.807, 2.05) is 31.2 Å². The van der Waals surface area contributed by atoms with Gasteiger partial charge in [0.1, 0.15) is 11.5 Å². The number of amides is 1. The van der Waals surface area contributed by atoms with Gasteiger partial charge in [0.05, 0.1) is 22.0 Å². The molecular weight excluding hydrogens is 467 g/mol. The topological polar surface area (TPSA) is 107 Å². The smallest absolute Gasteiger partial charge is 0.274 e. The minimum absolute atomic E-state index is 0.0305. The van der Waals surface area contributed by atoms with Crippen molar-refractivity contribution >= 4 is 21.4 Å². The number of carbonyl (C=O) groups excluding carboxylic acids is 1. The molecule has 0 aliphatic carbocycles. The molecule has 4 rings (SSSR count). The summed E-state index contributed by atoms with van der Waals surface area (Å²) in [6, 6.07) is 19.6. The molecule has 3 aromatic carbocycles. The number of sulfone groups is 1. The van der Waals surface area contributed by atoms with E-state index in [1.54, 1.807) is 30.3 Å². The molecule has 180 valence electrons. The van der Waals surface area contributed by atoms with Crippen molar-refractivity contribution < 1.29 is 17.6 Å². The number of nitrogens with zero attached hydrogens (tertiary/aromatic N) is 2. The van der Waals surface area contributed by atoms with Crippen molar-refractivity contribution in [2.24, 2.45) is 5.73 Å². The van der Waals surface area contributed by atoms with Crippen LogP contribution in [-0.2, 0) is 22.8 Å². The van der Waals surface area contributed by atoms with Crippen LogP contribution in [0.5, 0.6) is 0 Å². The summed E-state index contributed by atoms with van der Waals surface area (Å²) in [5.74, 6) is -1.22. The number of nitrogens with two attached hydrogens (primary N) is 1. The zero-order valence-corrected chi connectivity index (χ0v) is 20.1. The van der Waals surface area contributed by atoms with Gasteiger partial charge in [-0.2, -0.15) is 5.10 Å². The predicted octanol–water partition coefficient (Wildman–Crippen LogP) is 4.36. The monoisotopic (exact) mass is 492 g/mol. The minimum Gasteiger partial charge on any atom is -0.326 e. The van der Waals surface area contributed by atoms with E-state index < -0.39 is 21.6 Å². The quantitative estimate of drug-likeness (QED) is 0.399. The van der Waals surface area contributed by atoms with Crippen LogP contribution in [0.15, 0.2) is 77.7 Å². The van der Waals surface area contributed by atoms with E-state index >= 15 is 4.39 Å². The summed E-state index contributed by atoms with van der Waals surface area (Å²) >= 11 is 0. The Labute approximate surface area is 203 Å². The summed E-state index contributed by atoms with van der Waals surface area (Å²) in [7, 11) is -3.51. The summed E-state index contributed by atoms with van der Waals surface area (Å²) in [5, 5.41) is 7.12. The number of rotatable bonds is 7. The number of nitrogens with one attached hydrogen (secondary N) is 1. The molecule has 0 spiro atoms. The second-order valence-corrected chi connectivity index (χ2v) is 10.1. The van der Waals surface area contributed by atoms with Gasteiger partial charge < -0.3 is 11.1 Å². The minimum atomic E-state index is -3.51. The molecule has 1 aromatic heterocycles. The Morgan fingerprint density at radius 2 is 1.83 bits per heavy atom. The molecule has 7 nitrogen and oxygen atoms in total. The maximum Gasteiger partial charge on any atom is 0.274 e. The maximum atomic E-state index is 15.0. The highest BCUT2D eigenvalue weighted by Crippen LogP contribution is 2.30. The van der Waals surface area contributed by atoms with Crippen LogP contribution in [0.25, 0.3) is 16.8 Å². The molecule has 3 N–H and O–H groups in total. The highest BCUT2D eigenvalue weighted by Gasteiger charge is 2.19. The Bertz CT molecular complexity index is 1510. The van der Waals surface area contributed by atoms with Gasteiger partial charge in [-0.05, 0) is 53.9 Å². The fraction of sp³-hybridized carbons (Fsp3) is 0.154. The summed E-state index contributed by atoms with van der Waals surface area (Å²) in [6.45, 7) is 2.27. The Balaban J connectivity index is 1.67. The normalized spacial score (nSPS) is 11.4. The van der Waals surface area contributed by atoms with E-state index in [2.05, 4.69) is 10.4 Å². The van der Waals surface area contributed by atoms with Gasteiger partial charge in [-0.3, -0.25) is 4.79 Å². The lowest BCUT2D eigenvalue weighted by atomic mass is 10.0. The van der Waals surface area contributed by atoms with E-state index in [4.69, 9.17) is 5.73 Å². The first kappa shape index (κ1) is 24.3. The highest BCUT2D eigenvalue weighted by molar-refractivity contribution is 7.90. The second kappa shape index (κ2) is 9.81. The molecule has 0 aliphatic rings. The number of hydrogen-bond acceptors (Lipinski definition) is 5. The molecule has 4 aromatic rings. The Morgan fingerprint density at radius 3 is 2.51 bits per heavy atom. The van der Waals surface area contributed by atoms with Crippen molar-refractivity contribution in [1.82, 2.24) is 9.78 Å². The van der Waals surface area contributed by atoms with Crippen molar-refractivity contribution in [3.63, 3.8) is 0 Å². The van der Waals surface area contributed by atoms with Crippen LogP contribution in [-0.4, -0.2) is 30.4 Å². The third-order valence-electron chi connectivity index (χ3n) is 5.56. The molecule has 1 heterocycles. The molecular formula is C26H25FN4O3S. The molecule has 0 fully saturated rings. The molecule has 1 amide bonds. The third-order valence-corrected chi connectivity index (χ3v) is 6.72. The van der Waals surface area contributed by atoms with E-state index in [1.165, 1.54) is 22.9 Å². The van der Waals surface area contributed by atoms with Crippen LogP contribution in [0.4, 0.5) is 10.1 Å². The summed E-state index contributed by atoms with van der Waals surface area (Å²) in [5.41, 5.74) is 9.01. The van der Waals surface area contributed by atoms with Gasteiger partial charge in [-0.15, -0.1) is 0 Å². The van der Waals surface area contributed by atoms with Gasteiger partial charge in [0.25, 0.3) is 5.91 Å². The highest BCUT2D eigenvalue weighted by atomic mass is 32.2. The van der Waals surface area contributed by atoms with Crippen LogP contribution >= 0.6 is 0 Å². The molecule has 9 heteroatoms. The maximum absolute atomic E-state index is 15.0. The van der Waals surface area contributed by atoms with Gasteiger partial charge in [0.15, 0.2) is 9.84 Å². The van der Waals surface area contributed by atoms with Crippen molar-refractivity contribution in [3.8, 4) is 16.8 Å². The molecule has 0 saturated heterocycles. The Hall–Kier alpha value is -3.82. The number of aromatic nitrogens is 2. The number of aryl methyl sites for hydroxylation is 1. The van der Waals surface area contributed by atoms with E-state index in [-0.39, 0.29) is 16.3 Å².